The highest BCUT2D eigenvalue weighted by Gasteiger charge is 2.14. The maximum absolute atomic E-state index is 11.5. The summed E-state index contributed by atoms with van der Waals surface area (Å²) in [6, 6.07) is 0. The Morgan fingerprint density at radius 3 is 3.14 bits per heavy atom. The molecule has 0 saturated carbocycles. The van der Waals surface area contributed by atoms with E-state index in [0.717, 1.165) is 17.3 Å². The first-order valence-electron chi connectivity index (χ1n) is 4.44. The molecule has 0 aliphatic heterocycles. The lowest BCUT2D eigenvalue weighted by molar-refractivity contribution is -0.120. The maximum Gasteiger partial charge on any atom is 0.233 e. The Morgan fingerprint density at radius 1 is 1.79 bits per heavy atom. The second-order valence-electron chi connectivity index (χ2n) is 2.76. The van der Waals surface area contributed by atoms with Crippen molar-refractivity contribution in [3.05, 3.63) is 5.51 Å². The van der Waals surface area contributed by atoms with Crippen molar-refractivity contribution in [1.29, 1.82) is 0 Å². The molecular formula is C8H13N3OS2. The van der Waals surface area contributed by atoms with E-state index >= 15 is 0 Å². The van der Waals surface area contributed by atoms with Crippen molar-refractivity contribution in [2.24, 2.45) is 0 Å². The number of carbonyl (C=O) groups excluding carboxylic acids is 1. The van der Waals surface area contributed by atoms with E-state index in [1.807, 2.05) is 13.8 Å². The summed E-state index contributed by atoms with van der Waals surface area (Å²) in [6.07, 6.45) is 0.960. The van der Waals surface area contributed by atoms with Crippen LogP contribution in [0, 0.1) is 0 Å². The molecule has 4 nitrogen and oxygen atoms in total. The van der Waals surface area contributed by atoms with Crippen LogP contribution in [0.25, 0.3) is 0 Å². The number of hydrogen-bond acceptors (Lipinski definition) is 5. The zero-order chi connectivity index (χ0) is 10.4. The van der Waals surface area contributed by atoms with Crippen molar-refractivity contribution in [2.75, 3.05) is 6.54 Å². The van der Waals surface area contributed by atoms with Crippen molar-refractivity contribution in [3.8, 4) is 0 Å². The van der Waals surface area contributed by atoms with Crippen LogP contribution in [0.3, 0.4) is 0 Å². The number of thioether (sulfide) groups is 1. The summed E-state index contributed by atoms with van der Waals surface area (Å²) < 4.78 is 0.837. The molecule has 1 heterocycles. The largest absolute Gasteiger partial charge is 0.355 e. The predicted molar refractivity (Wildman–Crippen MR) is 58.5 cm³/mol. The van der Waals surface area contributed by atoms with Gasteiger partial charge in [0, 0.05) is 6.54 Å². The van der Waals surface area contributed by atoms with Gasteiger partial charge < -0.3 is 5.32 Å². The minimum absolute atomic E-state index is 0.0621. The molecular weight excluding hydrogens is 218 g/mol. The molecule has 6 heteroatoms. The van der Waals surface area contributed by atoms with Crippen molar-refractivity contribution in [1.82, 2.24) is 15.5 Å². The Labute approximate surface area is 91.5 Å². The van der Waals surface area contributed by atoms with Crippen molar-refractivity contribution in [3.63, 3.8) is 0 Å². The van der Waals surface area contributed by atoms with Gasteiger partial charge in [-0.2, -0.15) is 0 Å². The van der Waals surface area contributed by atoms with Crippen molar-refractivity contribution >= 4 is 29.0 Å². The van der Waals surface area contributed by atoms with Crippen LogP contribution in [0.5, 0.6) is 0 Å². The van der Waals surface area contributed by atoms with Crippen LogP contribution in [0.15, 0.2) is 9.85 Å². The molecule has 0 radical (unpaired) electrons. The van der Waals surface area contributed by atoms with Crippen LogP contribution in [-0.4, -0.2) is 27.9 Å². The van der Waals surface area contributed by atoms with E-state index in [1.165, 1.54) is 23.1 Å². The van der Waals surface area contributed by atoms with Gasteiger partial charge in [0.1, 0.15) is 5.51 Å². The first-order chi connectivity index (χ1) is 6.74. The summed E-state index contributed by atoms with van der Waals surface area (Å²) in [6.45, 7) is 4.64. The fraction of sp³-hybridized carbons (Fsp3) is 0.625. The molecule has 78 valence electrons. The number of amides is 1. The molecule has 0 bridgehead atoms. The molecule has 1 rings (SSSR count). The fourth-order valence-electron chi connectivity index (χ4n) is 0.811. The van der Waals surface area contributed by atoms with Gasteiger partial charge in [0.05, 0.1) is 5.25 Å². The summed E-state index contributed by atoms with van der Waals surface area (Å²) in [5.74, 6) is 0.0621. The number of nitrogens with zero attached hydrogens (tertiary/aromatic N) is 2. The molecule has 0 aromatic carbocycles. The Bertz CT molecular complexity index is 276. The van der Waals surface area contributed by atoms with Gasteiger partial charge in [0.15, 0.2) is 4.34 Å². The molecule has 0 fully saturated rings. The molecule has 0 aliphatic carbocycles. The lowest BCUT2D eigenvalue weighted by atomic mass is 10.4. The predicted octanol–water partition coefficient (Wildman–Crippen LogP) is 1.54. The van der Waals surface area contributed by atoms with Gasteiger partial charge in [-0.05, 0) is 13.3 Å². The van der Waals surface area contributed by atoms with Gasteiger partial charge in [0.25, 0.3) is 0 Å². The summed E-state index contributed by atoms with van der Waals surface area (Å²) in [7, 11) is 0. The van der Waals surface area contributed by atoms with Gasteiger partial charge in [-0.15, -0.1) is 10.2 Å². The van der Waals surface area contributed by atoms with E-state index in [2.05, 4.69) is 15.5 Å². The van der Waals surface area contributed by atoms with Crippen molar-refractivity contribution in [2.45, 2.75) is 29.9 Å². The summed E-state index contributed by atoms with van der Waals surface area (Å²) >= 11 is 2.89. The fourth-order valence-corrected chi connectivity index (χ4v) is 2.46. The number of nitrogens with one attached hydrogen (secondary N) is 1. The standard InChI is InChI=1S/C8H13N3OS2/c1-3-4-9-7(12)6(2)14-8-11-10-5-13-8/h5-6H,3-4H2,1-2H3,(H,9,12)/t6-/m0/s1. The van der Waals surface area contributed by atoms with Gasteiger partial charge in [-0.1, -0.05) is 30.0 Å². The highest BCUT2D eigenvalue weighted by Crippen LogP contribution is 2.23. The van der Waals surface area contributed by atoms with E-state index < -0.39 is 0 Å². The normalized spacial score (nSPS) is 12.4. The zero-order valence-electron chi connectivity index (χ0n) is 8.19. The van der Waals surface area contributed by atoms with Gasteiger partial charge >= 0.3 is 0 Å². The Kier molecular flexibility index (Phi) is 4.89. The third-order valence-corrected chi connectivity index (χ3v) is 3.45. The lowest BCUT2D eigenvalue weighted by Crippen LogP contribution is -2.31. The molecule has 1 amide bonds. The van der Waals surface area contributed by atoms with E-state index in [4.69, 9.17) is 0 Å². The van der Waals surface area contributed by atoms with Gasteiger partial charge in [-0.3, -0.25) is 4.79 Å². The molecule has 1 atom stereocenters. The van der Waals surface area contributed by atoms with E-state index in [9.17, 15) is 4.79 Å². The van der Waals surface area contributed by atoms with Gasteiger partial charge in [-0.25, -0.2) is 0 Å². The van der Waals surface area contributed by atoms with Crippen LogP contribution in [0.2, 0.25) is 0 Å². The third-order valence-electron chi connectivity index (χ3n) is 1.54. The minimum Gasteiger partial charge on any atom is -0.355 e. The number of aromatic nitrogens is 2. The maximum atomic E-state index is 11.5. The van der Waals surface area contributed by atoms with Crippen LogP contribution < -0.4 is 5.32 Å². The van der Waals surface area contributed by atoms with Crippen molar-refractivity contribution < 1.29 is 4.79 Å². The molecule has 14 heavy (non-hydrogen) atoms. The average molecular weight is 231 g/mol. The Hall–Kier alpha value is -0.620. The highest BCUT2D eigenvalue weighted by molar-refractivity contribution is 8.02. The molecule has 0 unspecified atom stereocenters. The number of carbonyl (C=O) groups is 1. The third kappa shape index (κ3) is 3.63. The average Bonchev–Trinajstić information content (AvgIpc) is 2.66. The first-order valence-corrected chi connectivity index (χ1v) is 6.20. The Morgan fingerprint density at radius 2 is 2.57 bits per heavy atom. The van der Waals surface area contributed by atoms with Crippen LogP contribution in [0.1, 0.15) is 20.3 Å². The van der Waals surface area contributed by atoms with Crippen LogP contribution in [0.4, 0.5) is 0 Å². The zero-order valence-corrected chi connectivity index (χ0v) is 9.82. The minimum atomic E-state index is -0.102. The monoisotopic (exact) mass is 231 g/mol. The Balaban J connectivity index is 2.34. The molecule has 0 aliphatic rings. The van der Waals surface area contributed by atoms with E-state index in [0.29, 0.717) is 0 Å². The van der Waals surface area contributed by atoms with Gasteiger partial charge in [0.2, 0.25) is 5.91 Å². The topological polar surface area (TPSA) is 54.9 Å². The molecule has 0 spiro atoms. The summed E-state index contributed by atoms with van der Waals surface area (Å²) in [4.78, 5) is 11.5. The highest BCUT2D eigenvalue weighted by atomic mass is 32.2. The second-order valence-corrected chi connectivity index (χ2v) is 5.18. The van der Waals surface area contributed by atoms with E-state index in [-0.39, 0.29) is 11.2 Å². The molecule has 1 aromatic rings. The van der Waals surface area contributed by atoms with Crippen LogP contribution in [-0.2, 0) is 4.79 Å². The quantitative estimate of drug-likeness (QED) is 0.781. The number of rotatable bonds is 5. The number of hydrogen-bond donors (Lipinski definition) is 1. The molecule has 1 aromatic heterocycles. The lowest BCUT2D eigenvalue weighted by Gasteiger charge is -2.08. The van der Waals surface area contributed by atoms with E-state index in [1.54, 1.807) is 5.51 Å². The van der Waals surface area contributed by atoms with Crippen LogP contribution >= 0.6 is 23.1 Å². The second kappa shape index (κ2) is 5.98. The summed E-state index contributed by atoms with van der Waals surface area (Å²) in [5, 5.41) is 10.3. The SMILES string of the molecule is CCCNC(=O)[C@H](C)Sc1nncs1. The molecule has 0 saturated heterocycles. The molecule has 1 N–H and O–H groups in total. The smallest absolute Gasteiger partial charge is 0.233 e. The first kappa shape index (κ1) is 11.5. The summed E-state index contributed by atoms with van der Waals surface area (Å²) in [5.41, 5.74) is 1.67.